The van der Waals surface area contributed by atoms with Crippen molar-refractivity contribution in [1.82, 2.24) is 15.1 Å². The van der Waals surface area contributed by atoms with Crippen LogP contribution in [0.25, 0.3) is 11.1 Å². The summed E-state index contributed by atoms with van der Waals surface area (Å²) >= 11 is 0. The van der Waals surface area contributed by atoms with Crippen LogP contribution in [-0.2, 0) is 19.0 Å². The van der Waals surface area contributed by atoms with Gasteiger partial charge >= 0.3 is 24.2 Å². The van der Waals surface area contributed by atoms with Crippen LogP contribution < -0.4 is 5.32 Å². The van der Waals surface area contributed by atoms with Crippen molar-refractivity contribution in [3.8, 4) is 11.1 Å². The number of benzene rings is 2. The third kappa shape index (κ3) is 7.25. The van der Waals surface area contributed by atoms with Gasteiger partial charge in [-0.2, -0.15) is 0 Å². The van der Waals surface area contributed by atoms with Crippen molar-refractivity contribution in [2.75, 3.05) is 13.2 Å². The third-order valence-electron chi connectivity index (χ3n) is 6.95. The molecule has 12 heteroatoms. The van der Waals surface area contributed by atoms with Gasteiger partial charge in [0.1, 0.15) is 23.9 Å². The van der Waals surface area contributed by atoms with Crippen LogP contribution in [0, 0.1) is 5.41 Å². The zero-order valence-electron chi connectivity index (χ0n) is 25.2. The van der Waals surface area contributed by atoms with Crippen LogP contribution in [-0.4, -0.2) is 81.6 Å². The number of alkyl carbamates (subject to hydrolysis) is 1. The van der Waals surface area contributed by atoms with E-state index in [2.05, 4.69) is 5.32 Å². The number of hydrogen-bond donors (Lipinski definition) is 3. The van der Waals surface area contributed by atoms with Crippen LogP contribution in [0.15, 0.2) is 48.5 Å². The maximum Gasteiger partial charge on any atom is 0.417 e. The van der Waals surface area contributed by atoms with Crippen molar-refractivity contribution in [3.05, 3.63) is 59.7 Å². The molecule has 1 aliphatic heterocycles. The molecule has 0 aromatic heterocycles. The minimum absolute atomic E-state index is 0.0217. The lowest BCUT2D eigenvalue weighted by molar-refractivity contribution is -0.141. The van der Waals surface area contributed by atoms with Crippen molar-refractivity contribution in [2.24, 2.45) is 0 Å². The molecule has 2 aliphatic rings. The number of nitrogens with one attached hydrogen (secondary N) is 2. The molecule has 1 saturated heterocycles. The summed E-state index contributed by atoms with van der Waals surface area (Å²) in [4.78, 5) is 53.1. The number of carbonyl (C=O) groups is 4. The fourth-order valence-corrected chi connectivity index (χ4v) is 5.31. The molecule has 0 spiro atoms. The number of carboxylic acid groups (broad SMARTS) is 1. The van der Waals surface area contributed by atoms with Crippen LogP contribution in [0.2, 0.25) is 0 Å². The monoisotopic (exact) mass is 594 g/mol. The number of amides is 3. The van der Waals surface area contributed by atoms with Crippen molar-refractivity contribution in [1.29, 1.82) is 5.41 Å². The highest BCUT2D eigenvalue weighted by Crippen LogP contribution is 2.44. The van der Waals surface area contributed by atoms with Crippen LogP contribution in [0.4, 0.5) is 14.4 Å². The lowest BCUT2D eigenvalue weighted by Gasteiger charge is -2.31. The molecule has 2 atom stereocenters. The predicted molar refractivity (Wildman–Crippen MR) is 157 cm³/mol. The first kappa shape index (κ1) is 31.3. The highest BCUT2D eigenvalue weighted by atomic mass is 16.6. The molecular weight excluding hydrogens is 556 g/mol. The quantitative estimate of drug-likeness (QED) is 0.249. The van der Waals surface area contributed by atoms with E-state index in [1.54, 1.807) is 41.5 Å². The summed E-state index contributed by atoms with van der Waals surface area (Å²) < 4.78 is 16.4. The largest absolute Gasteiger partial charge is 0.480 e. The fourth-order valence-electron chi connectivity index (χ4n) is 5.31. The number of fused-ring (bicyclic) bond motifs is 3. The number of carboxylic acids is 1. The Bertz CT molecular complexity index is 1380. The van der Waals surface area contributed by atoms with Gasteiger partial charge in [-0.15, -0.1) is 0 Å². The third-order valence-corrected chi connectivity index (χ3v) is 6.95. The molecule has 0 bridgehead atoms. The first-order chi connectivity index (χ1) is 20.1. The molecule has 12 nitrogen and oxygen atoms in total. The minimum Gasteiger partial charge on any atom is -0.480 e. The molecule has 1 aliphatic carbocycles. The Hall–Kier alpha value is -4.61. The predicted octanol–water partition coefficient (Wildman–Crippen LogP) is 5.16. The van der Waals surface area contributed by atoms with Gasteiger partial charge in [-0.3, -0.25) is 15.6 Å². The Morgan fingerprint density at radius 1 is 0.930 bits per heavy atom. The van der Waals surface area contributed by atoms with Gasteiger partial charge in [-0.1, -0.05) is 48.5 Å². The smallest absolute Gasteiger partial charge is 0.417 e. The van der Waals surface area contributed by atoms with Crippen LogP contribution in [0.3, 0.4) is 0 Å². The van der Waals surface area contributed by atoms with Gasteiger partial charge in [-0.05, 0) is 63.8 Å². The normalized spacial score (nSPS) is 17.9. The Morgan fingerprint density at radius 3 is 1.98 bits per heavy atom. The second-order valence-corrected chi connectivity index (χ2v) is 12.5. The summed E-state index contributed by atoms with van der Waals surface area (Å²) in [5, 5.41) is 20.7. The van der Waals surface area contributed by atoms with E-state index in [1.165, 1.54) is 0 Å². The number of aliphatic carboxylic acids is 1. The van der Waals surface area contributed by atoms with Crippen LogP contribution in [0.1, 0.15) is 65.0 Å². The highest BCUT2D eigenvalue weighted by molar-refractivity contribution is 6.00. The molecule has 2 aromatic carbocycles. The standard InChI is InChI=1S/C31H38N4O8/c1-30(2,3)42-27(38)33-26(32)35(29(40)43-31(4,5)6)18-15-24(25(36)37)34(16-18)28(39)41-17-23-21-13-9-7-11-19(21)20-12-8-10-14-22(20)23/h7-14,18,23-24H,15-17H2,1-6H3,(H,36,37)(H2,32,33,38)/t18-,24-/m0/s1. The number of rotatable bonds is 4. The average molecular weight is 595 g/mol. The molecule has 230 valence electrons. The van der Waals surface area contributed by atoms with Gasteiger partial charge in [0.05, 0.1) is 6.04 Å². The van der Waals surface area contributed by atoms with Crippen molar-refractivity contribution >= 4 is 30.2 Å². The molecule has 0 saturated carbocycles. The topological polar surface area (TPSA) is 159 Å². The average Bonchev–Trinajstić information content (AvgIpc) is 3.45. The zero-order valence-corrected chi connectivity index (χ0v) is 25.2. The van der Waals surface area contributed by atoms with E-state index in [4.69, 9.17) is 19.6 Å². The van der Waals surface area contributed by atoms with E-state index in [0.29, 0.717) is 0 Å². The second-order valence-electron chi connectivity index (χ2n) is 12.5. The summed E-state index contributed by atoms with van der Waals surface area (Å²) in [6, 6.07) is 13.3. The molecular formula is C31H38N4O8. The number of nitrogens with zero attached hydrogens (tertiary/aromatic N) is 2. The molecule has 3 N–H and O–H groups in total. The maximum atomic E-state index is 13.4. The van der Waals surface area contributed by atoms with Gasteiger partial charge < -0.3 is 19.3 Å². The Balaban J connectivity index is 1.53. The molecule has 3 amide bonds. The van der Waals surface area contributed by atoms with Crippen LogP contribution >= 0.6 is 0 Å². The number of carbonyl (C=O) groups excluding carboxylic acids is 3. The minimum atomic E-state index is -1.35. The van der Waals surface area contributed by atoms with Crippen molar-refractivity contribution < 1.29 is 38.5 Å². The van der Waals surface area contributed by atoms with E-state index < -0.39 is 53.5 Å². The number of guanidine groups is 1. The lowest BCUT2D eigenvalue weighted by atomic mass is 9.98. The van der Waals surface area contributed by atoms with E-state index >= 15 is 0 Å². The summed E-state index contributed by atoms with van der Waals surface area (Å²) in [7, 11) is 0. The summed E-state index contributed by atoms with van der Waals surface area (Å²) in [6.07, 6.45) is -3.06. The molecule has 43 heavy (non-hydrogen) atoms. The zero-order chi connectivity index (χ0) is 31.7. The first-order valence-electron chi connectivity index (χ1n) is 14.0. The van der Waals surface area contributed by atoms with Gasteiger partial charge in [0, 0.05) is 18.9 Å². The SMILES string of the molecule is CC(C)(C)OC(=O)NC(=N)N(C(=O)OC(C)(C)C)[C@H]1C[C@@H](C(=O)O)N(C(=O)OCC2c3ccccc3-c3ccccc32)C1. The molecule has 0 radical (unpaired) electrons. The molecule has 1 heterocycles. The van der Waals surface area contributed by atoms with Gasteiger partial charge in [-0.25, -0.2) is 24.1 Å². The van der Waals surface area contributed by atoms with Gasteiger partial charge in [0.25, 0.3) is 0 Å². The first-order valence-corrected chi connectivity index (χ1v) is 14.0. The van der Waals surface area contributed by atoms with Crippen LogP contribution in [0.5, 0.6) is 0 Å². The molecule has 0 unspecified atom stereocenters. The Labute approximate surface area is 250 Å². The van der Waals surface area contributed by atoms with Gasteiger partial charge in [0.15, 0.2) is 0 Å². The molecule has 2 aromatic rings. The number of hydrogen-bond acceptors (Lipinski definition) is 8. The summed E-state index contributed by atoms with van der Waals surface area (Å²) in [5.74, 6) is -2.21. The summed E-state index contributed by atoms with van der Waals surface area (Å²) in [6.45, 7) is 9.52. The number of ether oxygens (including phenoxy) is 3. The Morgan fingerprint density at radius 2 is 1.47 bits per heavy atom. The highest BCUT2D eigenvalue weighted by Gasteiger charge is 2.46. The fraction of sp³-hybridized carbons (Fsp3) is 0.452. The van der Waals surface area contributed by atoms with Crippen molar-refractivity contribution in [2.45, 2.75) is 77.2 Å². The van der Waals surface area contributed by atoms with Crippen molar-refractivity contribution in [3.63, 3.8) is 0 Å². The van der Waals surface area contributed by atoms with E-state index in [-0.39, 0.29) is 25.5 Å². The lowest BCUT2D eigenvalue weighted by Crippen LogP contribution is -2.54. The van der Waals surface area contributed by atoms with E-state index in [1.807, 2.05) is 48.5 Å². The summed E-state index contributed by atoms with van der Waals surface area (Å²) in [5.41, 5.74) is 2.27. The Kier molecular flexibility index (Phi) is 8.70. The molecule has 4 rings (SSSR count). The van der Waals surface area contributed by atoms with Gasteiger partial charge in [0.2, 0.25) is 5.96 Å². The second kappa shape index (κ2) is 11.9. The number of likely N-dealkylation sites (tertiary alicyclic amines) is 1. The van der Waals surface area contributed by atoms with E-state index in [0.717, 1.165) is 32.1 Å². The van der Waals surface area contributed by atoms with E-state index in [9.17, 15) is 24.3 Å². The maximum absolute atomic E-state index is 13.4. The molecule has 1 fully saturated rings.